The predicted molar refractivity (Wildman–Crippen MR) is 99.0 cm³/mol. The highest BCUT2D eigenvalue weighted by atomic mass is 32.2. The topological polar surface area (TPSA) is 54.5 Å². The maximum absolute atomic E-state index is 12.5. The summed E-state index contributed by atoms with van der Waals surface area (Å²) >= 11 is 0. The van der Waals surface area contributed by atoms with Crippen molar-refractivity contribution in [2.24, 2.45) is 0 Å². The van der Waals surface area contributed by atoms with E-state index in [0.29, 0.717) is 18.7 Å². The van der Waals surface area contributed by atoms with Crippen LogP contribution in [-0.2, 0) is 10.0 Å². The van der Waals surface area contributed by atoms with Crippen LogP contribution in [0.5, 0.6) is 0 Å². The first-order valence-corrected chi connectivity index (χ1v) is 9.80. The van der Waals surface area contributed by atoms with Gasteiger partial charge in [-0.15, -0.1) is 0 Å². The zero-order valence-corrected chi connectivity index (χ0v) is 15.0. The van der Waals surface area contributed by atoms with E-state index in [1.54, 1.807) is 18.2 Å². The average Bonchev–Trinajstić information content (AvgIpc) is 3.15. The van der Waals surface area contributed by atoms with Crippen LogP contribution >= 0.6 is 0 Å². The number of sulfonamides is 1. The molecule has 0 aliphatic carbocycles. The molecule has 0 aromatic heterocycles. The highest BCUT2D eigenvalue weighted by Crippen LogP contribution is 2.21. The molecule has 4 nitrogen and oxygen atoms in total. The normalized spacial score (nSPS) is 15.7. The van der Waals surface area contributed by atoms with E-state index in [2.05, 4.69) is 0 Å². The SMILES string of the molecule is Cc1cccc(C=CC(=O)c2ccc(S(=O)(=O)N3CCCC3)cc2)c1. The quantitative estimate of drug-likeness (QED) is 0.607. The lowest BCUT2D eigenvalue weighted by molar-refractivity contribution is 0.104. The van der Waals surface area contributed by atoms with Crippen molar-refractivity contribution < 1.29 is 13.2 Å². The van der Waals surface area contributed by atoms with Crippen LogP contribution in [0.3, 0.4) is 0 Å². The molecule has 1 aliphatic rings. The van der Waals surface area contributed by atoms with E-state index >= 15 is 0 Å². The van der Waals surface area contributed by atoms with Gasteiger partial charge in [-0.25, -0.2) is 8.42 Å². The number of benzene rings is 2. The molecule has 1 aliphatic heterocycles. The molecule has 2 aromatic rings. The number of ketones is 1. The smallest absolute Gasteiger partial charge is 0.243 e. The molecular weight excluding hydrogens is 334 g/mol. The van der Waals surface area contributed by atoms with Crippen molar-refractivity contribution in [1.29, 1.82) is 0 Å². The summed E-state index contributed by atoms with van der Waals surface area (Å²) in [6, 6.07) is 14.1. The molecule has 0 atom stereocenters. The minimum absolute atomic E-state index is 0.147. The number of hydrogen-bond acceptors (Lipinski definition) is 3. The van der Waals surface area contributed by atoms with Gasteiger partial charge in [0.2, 0.25) is 10.0 Å². The van der Waals surface area contributed by atoms with Gasteiger partial charge < -0.3 is 0 Å². The van der Waals surface area contributed by atoms with Crippen LogP contribution in [0.15, 0.2) is 59.5 Å². The second-order valence-electron chi connectivity index (χ2n) is 6.25. The minimum Gasteiger partial charge on any atom is -0.289 e. The summed E-state index contributed by atoms with van der Waals surface area (Å²) in [5, 5.41) is 0. The average molecular weight is 355 g/mol. The second-order valence-corrected chi connectivity index (χ2v) is 8.19. The summed E-state index contributed by atoms with van der Waals surface area (Å²) in [6.45, 7) is 3.14. The standard InChI is InChI=1S/C20H21NO3S/c1-16-5-4-6-17(15-16)7-12-20(22)18-8-10-19(11-9-18)25(23,24)21-13-2-3-14-21/h4-12,15H,2-3,13-14H2,1H3. The number of nitrogens with zero attached hydrogens (tertiary/aromatic N) is 1. The van der Waals surface area contributed by atoms with Crippen LogP contribution in [0, 0.1) is 6.92 Å². The molecular formula is C20H21NO3S. The van der Waals surface area contributed by atoms with E-state index in [-0.39, 0.29) is 10.7 Å². The van der Waals surface area contributed by atoms with Crippen LogP contribution in [0.4, 0.5) is 0 Å². The van der Waals surface area contributed by atoms with Gasteiger partial charge in [-0.1, -0.05) is 35.9 Å². The third-order valence-corrected chi connectivity index (χ3v) is 6.22. The van der Waals surface area contributed by atoms with Crippen molar-refractivity contribution >= 4 is 21.9 Å². The minimum atomic E-state index is -3.44. The van der Waals surface area contributed by atoms with Gasteiger partial charge in [0.25, 0.3) is 0 Å². The lowest BCUT2D eigenvalue weighted by Gasteiger charge is -2.15. The van der Waals surface area contributed by atoms with Crippen molar-refractivity contribution in [2.45, 2.75) is 24.7 Å². The van der Waals surface area contributed by atoms with Gasteiger partial charge in [0, 0.05) is 18.7 Å². The zero-order valence-electron chi connectivity index (χ0n) is 14.2. The molecule has 0 radical (unpaired) electrons. The Bertz CT molecular complexity index is 893. The van der Waals surface area contributed by atoms with Gasteiger partial charge in [0.05, 0.1) is 4.90 Å². The Kier molecular flexibility index (Phi) is 5.16. The largest absolute Gasteiger partial charge is 0.289 e. The first-order valence-electron chi connectivity index (χ1n) is 8.36. The molecule has 0 unspecified atom stereocenters. The van der Waals surface area contributed by atoms with E-state index in [4.69, 9.17) is 0 Å². The molecule has 0 amide bonds. The van der Waals surface area contributed by atoms with Gasteiger partial charge in [-0.2, -0.15) is 4.31 Å². The lowest BCUT2D eigenvalue weighted by atomic mass is 10.1. The maximum Gasteiger partial charge on any atom is 0.243 e. The lowest BCUT2D eigenvalue weighted by Crippen LogP contribution is -2.27. The van der Waals surface area contributed by atoms with E-state index in [1.807, 2.05) is 31.2 Å². The van der Waals surface area contributed by atoms with Gasteiger partial charge in [0.15, 0.2) is 5.78 Å². The summed E-state index contributed by atoms with van der Waals surface area (Å²) in [5.74, 6) is -0.147. The van der Waals surface area contributed by atoms with Crippen LogP contribution in [-0.4, -0.2) is 31.6 Å². The number of hydrogen-bond donors (Lipinski definition) is 0. The summed E-state index contributed by atoms with van der Waals surface area (Å²) in [6.07, 6.45) is 5.09. The maximum atomic E-state index is 12.5. The Morgan fingerprint density at radius 1 is 1.04 bits per heavy atom. The number of aryl methyl sites for hydroxylation is 1. The first-order chi connectivity index (χ1) is 12.0. The molecule has 130 valence electrons. The Morgan fingerprint density at radius 3 is 2.36 bits per heavy atom. The Balaban J connectivity index is 1.74. The summed E-state index contributed by atoms with van der Waals surface area (Å²) in [4.78, 5) is 12.5. The molecule has 25 heavy (non-hydrogen) atoms. The van der Waals surface area contributed by atoms with E-state index in [1.165, 1.54) is 22.5 Å². The Morgan fingerprint density at radius 2 is 1.72 bits per heavy atom. The third-order valence-electron chi connectivity index (χ3n) is 4.31. The summed E-state index contributed by atoms with van der Waals surface area (Å²) in [5.41, 5.74) is 2.57. The van der Waals surface area contributed by atoms with Gasteiger partial charge in [-0.3, -0.25) is 4.79 Å². The third kappa shape index (κ3) is 4.06. The van der Waals surface area contributed by atoms with Crippen molar-refractivity contribution in [3.63, 3.8) is 0 Å². The van der Waals surface area contributed by atoms with E-state index < -0.39 is 10.0 Å². The van der Waals surface area contributed by atoms with Gasteiger partial charge in [0.1, 0.15) is 0 Å². The number of carbonyl (C=O) groups is 1. The molecule has 2 aromatic carbocycles. The van der Waals surface area contributed by atoms with Crippen LogP contribution < -0.4 is 0 Å². The molecule has 0 saturated carbocycles. The Labute approximate surface area is 148 Å². The van der Waals surface area contributed by atoms with E-state index in [0.717, 1.165) is 24.0 Å². The molecule has 1 saturated heterocycles. The molecule has 3 rings (SSSR count). The van der Waals surface area contributed by atoms with Crippen molar-refractivity contribution in [3.05, 3.63) is 71.3 Å². The van der Waals surface area contributed by atoms with Crippen molar-refractivity contribution in [2.75, 3.05) is 13.1 Å². The monoisotopic (exact) mass is 355 g/mol. The van der Waals surface area contributed by atoms with Gasteiger partial charge in [-0.05, 0) is 55.7 Å². The highest BCUT2D eigenvalue weighted by Gasteiger charge is 2.26. The summed E-state index contributed by atoms with van der Waals surface area (Å²) < 4.78 is 26.5. The number of allylic oxidation sites excluding steroid dienone is 1. The fourth-order valence-corrected chi connectivity index (χ4v) is 4.43. The Hall–Kier alpha value is -2.24. The molecule has 1 heterocycles. The summed E-state index contributed by atoms with van der Waals surface area (Å²) in [7, 11) is -3.44. The number of carbonyl (C=O) groups excluding carboxylic acids is 1. The zero-order chi connectivity index (χ0) is 17.9. The van der Waals surface area contributed by atoms with Crippen LogP contribution in [0.2, 0.25) is 0 Å². The molecule has 1 fully saturated rings. The number of rotatable bonds is 5. The van der Waals surface area contributed by atoms with Crippen LogP contribution in [0.1, 0.15) is 34.3 Å². The van der Waals surface area contributed by atoms with E-state index in [9.17, 15) is 13.2 Å². The van der Waals surface area contributed by atoms with Crippen molar-refractivity contribution in [3.8, 4) is 0 Å². The van der Waals surface area contributed by atoms with Gasteiger partial charge >= 0.3 is 0 Å². The molecule has 0 bridgehead atoms. The highest BCUT2D eigenvalue weighted by molar-refractivity contribution is 7.89. The second kappa shape index (κ2) is 7.33. The molecule has 0 N–H and O–H groups in total. The molecule has 5 heteroatoms. The fraction of sp³-hybridized carbons (Fsp3) is 0.250. The molecule has 0 spiro atoms. The fourth-order valence-electron chi connectivity index (χ4n) is 2.91. The first kappa shape index (κ1) is 17.6. The van der Waals surface area contributed by atoms with Crippen molar-refractivity contribution in [1.82, 2.24) is 4.31 Å². The predicted octanol–water partition coefficient (Wildman–Crippen LogP) is 3.68. The van der Waals surface area contributed by atoms with Crippen LogP contribution in [0.25, 0.3) is 6.08 Å².